The molecule has 0 radical (unpaired) electrons. The van der Waals surface area contributed by atoms with Crippen LogP contribution in [0.3, 0.4) is 0 Å². The van der Waals surface area contributed by atoms with E-state index in [0.717, 1.165) is 10.5 Å². The Labute approximate surface area is 144 Å². The highest BCUT2D eigenvalue weighted by molar-refractivity contribution is 8.01. The van der Waals surface area contributed by atoms with E-state index in [1.165, 1.54) is 29.2 Å². The van der Waals surface area contributed by atoms with Crippen LogP contribution in [0.25, 0.3) is 11.2 Å². The number of halogens is 1. The summed E-state index contributed by atoms with van der Waals surface area (Å²) in [6.45, 7) is 0. The average Bonchev–Trinajstić information content (AvgIpc) is 3.04. The van der Waals surface area contributed by atoms with Crippen molar-refractivity contribution in [2.24, 2.45) is 0 Å². The van der Waals surface area contributed by atoms with Crippen LogP contribution in [0.5, 0.6) is 0 Å². The molecule has 0 fully saturated rings. The van der Waals surface area contributed by atoms with Crippen molar-refractivity contribution in [1.29, 1.82) is 0 Å². The van der Waals surface area contributed by atoms with E-state index in [4.69, 9.17) is 0 Å². The zero-order chi connectivity index (χ0) is 16.4. The number of anilines is 2. The topological polar surface area (TPSA) is 76.5 Å². The van der Waals surface area contributed by atoms with Crippen molar-refractivity contribution in [2.75, 3.05) is 5.32 Å². The molecule has 0 spiro atoms. The van der Waals surface area contributed by atoms with E-state index in [9.17, 15) is 4.39 Å². The average molecular weight is 356 g/mol. The lowest BCUT2D eigenvalue weighted by Crippen LogP contribution is -1.92. The maximum absolute atomic E-state index is 13.6. The van der Waals surface area contributed by atoms with Crippen molar-refractivity contribution in [3.05, 3.63) is 54.6 Å². The van der Waals surface area contributed by atoms with Crippen LogP contribution in [0, 0.1) is 5.82 Å². The summed E-state index contributed by atoms with van der Waals surface area (Å²) in [7, 11) is 0. The van der Waals surface area contributed by atoms with Crippen LogP contribution in [0.2, 0.25) is 0 Å². The Hall–Kier alpha value is -2.65. The van der Waals surface area contributed by atoms with Gasteiger partial charge in [0.05, 0.1) is 5.69 Å². The molecule has 1 N–H and O–H groups in total. The molecule has 6 nitrogen and oxygen atoms in total. The van der Waals surface area contributed by atoms with Gasteiger partial charge in [-0.3, -0.25) is 4.98 Å². The van der Waals surface area contributed by atoms with Crippen molar-refractivity contribution in [3.63, 3.8) is 0 Å². The second kappa shape index (κ2) is 6.46. The van der Waals surface area contributed by atoms with Gasteiger partial charge in [0.25, 0.3) is 0 Å². The molecule has 0 saturated heterocycles. The van der Waals surface area contributed by atoms with E-state index >= 15 is 0 Å². The van der Waals surface area contributed by atoms with Crippen LogP contribution in [-0.2, 0) is 0 Å². The smallest absolute Gasteiger partial charge is 0.210 e. The largest absolute Gasteiger partial charge is 0.328 e. The van der Waals surface area contributed by atoms with Crippen molar-refractivity contribution in [2.45, 2.75) is 9.37 Å². The molecule has 24 heavy (non-hydrogen) atoms. The van der Waals surface area contributed by atoms with Gasteiger partial charge in [-0.25, -0.2) is 14.4 Å². The fourth-order valence-corrected chi connectivity index (χ4v) is 3.64. The lowest BCUT2D eigenvalue weighted by molar-refractivity contribution is 0.632. The fourth-order valence-electron chi connectivity index (χ4n) is 1.96. The summed E-state index contributed by atoms with van der Waals surface area (Å²) in [5.41, 5.74) is 1.68. The first-order chi connectivity index (χ1) is 11.8. The second-order valence-corrected chi connectivity index (χ2v) is 6.87. The predicted molar refractivity (Wildman–Crippen MR) is 91.0 cm³/mol. The van der Waals surface area contributed by atoms with Crippen molar-refractivity contribution in [1.82, 2.24) is 25.1 Å². The van der Waals surface area contributed by atoms with Gasteiger partial charge in [0.1, 0.15) is 16.4 Å². The van der Waals surface area contributed by atoms with Crippen LogP contribution in [0.4, 0.5) is 15.2 Å². The Morgan fingerprint density at radius 2 is 1.88 bits per heavy atom. The minimum Gasteiger partial charge on any atom is -0.328 e. The Morgan fingerprint density at radius 1 is 1.00 bits per heavy atom. The first kappa shape index (κ1) is 14.9. The molecule has 0 aliphatic rings. The number of rotatable bonds is 4. The fraction of sp³-hybridized carbons (Fsp3) is 0. The Balaban J connectivity index is 1.53. The van der Waals surface area contributed by atoms with Crippen LogP contribution < -0.4 is 5.32 Å². The lowest BCUT2D eigenvalue weighted by Gasteiger charge is -2.01. The maximum atomic E-state index is 13.6. The summed E-state index contributed by atoms with van der Waals surface area (Å²) >= 11 is 2.69. The van der Waals surface area contributed by atoms with Crippen molar-refractivity contribution in [3.8, 4) is 0 Å². The number of fused-ring (bicyclic) bond motifs is 1. The van der Waals surface area contributed by atoms with Crippen LogP contribution >= 0.6 is 23.1 Å². The summed E-state index contributed by atoms with van der Waals surface area (Å²) < 4.78 is 14.3. The molecule has 3 heterocycles. The highest BCUT2D eigenvalue weighted by Gasteiger charge is 2.10. The second-order valence-electron chi connectivity index (χ2n) is 4.63. The van der Waals surface area contributed by atoms with Gasteiger partial charge in [-0.2, -0.15) is 0 Å². The van der Waals surface area contributed by atoms with Crippen LogP contribution in [-0.4, -0.2) is 25.1 Å². The monoisotopic (exact) mass is 356 g/mol. The molecular formula is C15H9FN6S2. The van der Waals surface area contributed by atoms with E-state index in [1.807, 2.05) is 12.1 Å². The normalized spacial score (nSPS) is 10.9. The number of benzene rings is 1. The SMILES string of the molecule is Fc1ccccc1Nc1nnc(Sc2ccc3nccnc3n2)s1. The molecule has 9 heteroatoms. The quantitative estimate of drug-likeness (QED) is 0.594. The van der Waals surface area contributed by atoms with Gasteiger partial charge in [0.2, 0.25) is 5.13 Å². The summed E-state index contributed by atoms with van der Waals surface area (Å²) in [4.78, 5) is 12.8. The molecule has 0 atom stereocenters. The van der Waals surface area contributed by atoms with Crippen molar-refractivity contribution < 1.29 is 4.39 Å². The molecule has 4 aromatic rings. The van der Waals surface area contributed by atoms with E-state index in [0.29, 0.717) is 20.8 Å². The molecule has 0 aliphatic carbocycles. The van der Waals surface area contributed by atoms with E-state index in [2.05, 4.69) is 30.5 Å². The standard InChI is InChI=1S/C15H9FN6S2/c16-9-3-1-2-4-10(9)19-14-21-22-15(24-14)23-12-6-5-11-13(20-12)18-8-7-17-11/h1-8H,(H,19,21). The predicted octanol–water partition coefficient (Wildman–Crippen LogP) is 3.91. The number of pyridine rings is 1. The summed E-state index contributed by atoms with van der Waals surface area (Å²) in [6, 6.07) is 10.1. The number of nitrogens with zero attached hydrogens (tertiary/aromatic N) is 5. The summed E-state index contributed by atoms with van der Waals surface area (Å²) in [5.74, 6) is -0.336. The van der Waals surface area contributed by atoms with Gasteiger partial charge in [0, 0.05) is 12.4 Å². The third-order valence-electron chi connectivity index (χ3n) is 3.02. The van der Waals surface area contributed by atoms with Crippen molar-refractivity contribution >= 4 is 45.1 Å². The molecule has 118 valence electrons. The third-order valence-corrected chi connectivity index (χ3v) is 4.85. The Morgan fingerprint density at radius 3 is 2.79 bits per heavy atom. The van der Waals surface area contributed by atoms with E-state index in [-0.39, 0.29) is 5.82 Å². The number of hydrogen-bond donors (Lipinski definition) is 1. The summed E-state index contributed by atoms with van der Waals surface area (Å²) in [5, 5.41) is 12.3. The zero-order valence-electron chi connectivity index (χ0n) is 12.0. The first-order valence-electron chi connectivity index (χ1n) is 6.88. The van der Waals surface area contributed by atoms with Gasteiger partial charge < -0.3 is 5.32 Å². The summed E-state index contributed by atoms with van der Waals surface area (Å²) in [6.07, 6.45) is 3.23. The molecule has 0 unspecified atom stereocenters. The molecule has 3 aromatic heterocycles. The van der Waals surface area contributed by atoms with Gasteiger partial charge in [-0.15, -0.1) is 10.2 Å². The van der Waals surface area contributed by atoms with Gasteiger partial charge in [-0.1, -0.05) is 23.5 Å². The Kier molecular flexibility index (Phi) is 4.01. The first-order valence-corrected chi connectivity index (χ1v) is 8.52. The molecule has 0 aliphatic heterocycles. The highest BCUT2D eigenvalue weighted by atomic mass is 32.2. The number of para-hydroxylation sites is 1. The molecule has 0 amide bonds. The number of aromatic nitrogens is 5. The molecular weight excluding hydrogens is 347 g/mol. The number of hydrogen-bond acceptors (Lipinski definition) is 8. The van der Waals surface area contributed by atoms with Gasteiger partial charge >= 0.3 is 0 Å². The lowest BCUT2D eigenvalue weighted by atomic mass is 10.3. The minimum absolute atomic E-state index is 0.336. The van der Waals surface area contributed by atoms with E-state index in [1.54, 1.807) is 30.6 Å². The number of nitrogens with one attached hydrogen (secondary N) is 1. The molecule has 1 aromatic carbocycles. The maximum Gasteiger partial charge on any atom is 0.210 e. The van der Waals surface area contributed by atoms with Crippen LogP contribution in [0.1, 0.15) is 0 Å². The third kappa shape index (κ3) is 3.17. The highest BCUT2D eigenvalue weighted by Crippen LogP contribution is 2.32. The van der Waals surface area contributed by atoms with Crippen LogP contribution in [0.15, 0.2) is 58.2 Å². The van der Waals surface area contributed by atoms with Gasteiger partial charge in [0.15, 0.2) is 9.99 Å². The molecule has 0 saturated carbocycles. The van der Waals surface area contributed by atoms with E-state index < -0.39 is 0 Å². The molecule has 0 bridgehead atoms. The zero-order valence-corrected chi connectivity index (χ0v) is 13.7. The Bertz CT molecular complexity index is 1010. The minimum atomic E-state index is -0.336. The molecule has 4 rings (SSSR count). The van der Waals surface area contributed by atoms with Gasteiger partial charge in [-0.05, 0) is 36.0 Å².